The number of nitrogens with zero attached hydrogens (tertiary/aromatic N) is 2. The molecule has 0 bridgehead atoms. The van der Waals surface area contributed by atoms with Crippen molar-refractivity contribution in [3.63, 3.8) is 0 Å². The largest absolute Gasteiger partial charge is 0.326 e. The Kier molecular flexibility index (Phi) is 4.65. The summed E-state index contributed by atoms with van der Waals surface area (Å²) in [4.78, 5) is 4.12. The van der Waals surface area contributed by atoms with E-state index in [9.17, 15) is 8.78 Å². The van der Waals surface area contributed by atoms with E-state index in [1.165, 1.54) is 11.8 Å². The molecular formula is C9H12F2N2S. The van der Waals surface area contributed by atoms with Crippen molar-refractivity contribution < 1.29 is 8.78 Å². The van der Waals surface area contributed by atoms with E-state index in [1.807, 2.05) is 17.7 Å². The second-order valence-corrected chi connectivity index (χ2v) is 3.69. The van der Waals surface area contributed by atoms with Crippen LogP contribution in [0.15, 0.2) is 29.7 Å². The van der Waals surface area contributed by atoms with Crippen molar-refractivity contribution in [2.24, 2.45) is 0 Å². The summed E-state index contributed by atoms with van der Waals surface area (Å²) in [5, 5.41) is 0.889. The van der Waals surface area contributed by atoms with Gasteiger partial charge in [-0.25, -0.2) is 4.98 Å². The second-order valence-electron chi connectivity index (χ2n) is 2.63. The van der Waals surface area contributed by atoms with Crippen LogP contribution in [0.1, 0.15) is 13.3 Å². The maximum Gasteiger partial charge on any atom is 0.266 e. The first-order valence-corrected chi connectivity index (χ1v) is 5.37. The number of thioether (sulfide) groups is 1. The van der Waals surface area contributed by atoms with E-state index in [1.54, 1.807) is 6.20 Å². The number of imidazole rings is 1. The van der Waals surface area contributed by atoms with Gasteiger partial charge < -0.3 is 4.57 Å². The van der Waals surface area contributed by atoms with Crippen LogP contribution in [-0.4, -0.2) is 15.3 Å². The molecule has 0 radical (unpaired) electrons. The van der Waals surface area contributed by atoms with Crippen molar-refractivity contribution in [3.8, 4) is 0 Å². The van der Waals surface area contributed by atoms with Crippen molar-refractivity contribution in [1.29, 1.82) is 0 Å². The number of allylic oxidation sites excluding steroid dienone is 1. The van der Waals surface area contributed by atoms with Crippen molar-refractivity contribution in [2.75, 3.05) is 5.75 Å². The van der Waals surface area contributed by atoms with Crippen LogP contribution in [0.25, 0.3) is 0 Å². The lowest BCUT2D eigenvalue weighted by Gasteiger charge is -2.01. The maximum atomic E-state index is 11.7. The first kappa shape index (κ1) is 11.2. The number of hydrogen-bond donors (Lipinski definition) is 0. The van der Waals surface area contributed by atoms with Crippen LogP contribution in [-0.2, 0) is 6.54 Å². The molecule has 0 saturated carbocycles. The summed E-state index contributed by atoms with van der Waals surface area (Å²) >= 11 is 1.49. The summed E-state index contributed by atoms with van der Waals surface area (Å²) in [5.74, 6) is 0.633. The molecule has 0 aliphatic rings. The summed E-state index contributed by atoms with van der Waals surface area (Å²) < 4.78 is 25.3. The van der Waals surface area contributed by atoms with Gasteiger partial charge >= 0.3 is 0 Å². The number of halogens is 2. The quantitative estimate of drug-likeness (QED) is 0.558. The molecule has 78 valence electrons. The van der Waals surface area contributed by atoms with Crippen LogP contribution in [0.4, 0.5) is 8.78 Å². The van der Waals surface area contributed by atoms with Crippen LogP contribution in [0.5, 0.6) is 0 Å². The Hall–Kier alpha value is -0.840. The third kappa shape index (κ3) is 3.49. The normalized spacial score (nSPS) is 10.2. The van der Waals surface area contributed by atoms with E-state index < -0.39 is 6.08 Å². The highest BCUT2D eigenvalue weighted by atomic mass is 32.2. The summed E-state index contributed by atoms with van der Waals surface area (Å²) in [6.07, 6.45) is 3.31. The fourth-order valence-corrected chi connectivity index (χ4v) is 1.90. The summed E-state index contributed by atoms with van der Waals surface area (Å²) in [7, 11) is 0. The van der Waals surface area contributed by atoms with Crippen LogP contribution in [0.3, 0.4) is 0 Å². The number of aromatic nitrogens is 2. The fraction of sp³-hybridized carbons (Fsp3) is 0.444. The van der Waals surface area contributed by atoms with Crippen LogP contribution in [0, 0.1) is 0 Å². The molecule has 5 heteroatoms. The zero-order chi connectivity index (χ0) is 10.4. The van der Waals surface area contributed by atoms with Crippen molar-refractivity contribution in [3.05, 3.63) is 24.6 Å². The lowest BCUT2D eigenvalue weighted by molar-refractivity contribution is 0.418. The zero-order valence-electron chi connectivity index (χ0n) is 7.91. The second kappa shape index (κ2) is 5.80. The summed E-state index contributed by atoms with van der Waals surface area (Å²) in [6.45, 7) is 2.88. The van der Waals surface area contributed by atoms with Gasteiger partial charge in [0.15, 0.2) is 5.16 Å². The molecule has 0 unspecified atom stereocenters. The van der Waals surface area contributed by atoms with Gasteiger partial charge in [-0.2, -0.15) is 8.78 Å². The Labute approximate surface area is 86.0 Å². The van der Waals surface area contributed by atoms with Crippen molar-refractivity contribution in [1.82, 2.24) is 9.55 Å². The van der Waals surface area contributed by atoms with Gasteiger partial charge in [0.05, 0.1) is 0 Å². The molecule has 0 spiro atoms. The van der Waals surface area contributed by atoms with E-state index >= 15 is 0 Å². The Morgan fingerprint density at radius 1 is 1.64 bits per heavy atom. The van der Waals surface area contributed by atoms with Gasteiger partial charge in [-0.1, -0.05) is 11.8 Å². The molecule has 1 aromatic heterocycles. The molecular weight excluding hydrogens is 206 g/mol. The minimum atomic E-state index is -1.61. The summed E-state index contributed by atoms with van der Waals surface area (Å²) in [6, 6.07) is 0. The first-order chi connectivity index (χ1) is 6.74. The number of rotatable bonds is 5. The van der Waals surface area contributed by atoms with Crippen LogP contribution >= 0.6 is 11.8 Å². The molecule has 1 rings (SSSR count). The molecule has 1 aromatic rings. The molecule has 0 aliphatic carbocycles. The first-order valence-electron chi connectivity index (χ1n) is 4.39. The lowest BCUT2D eigenvalue weighted by Crippen LogP contribution is -1.94. The van der Waals surface area contributed by atoms with E-state index in [2.05, 4.69) is 4.98 Å². The predicted molar refractivity (Wildman–Crippen MR) is 53.5 cm³/mol. The van der Waals surface area contributed by atoms with Crippen LogP contribution < -0.4 is 0 Å². The molecule has 0 saturated heterocycles. The van der Waals surface area contributed by atoms with Gasteiger partial charge in [-0.15, -0.1) is 0 Å². The van der Waals surface area contributed by atoms with Crippen LogP contribution in [0.2, 0.25) is 0 Å². The molecule has 0 aromatic carbocycles. The number of hydrogen-bond acceptors (Lipinski definition) is 2. The third-order valence-electron chi connectivity index (χ3n) is 1.67. The van der Waals surface area contributed by atoms with Gasteiger partial charge in [0.2, 0.25) is 0 Å². The SMILES string of the molecule is CCn1ccnc1SCCC=C(F)F. The average molecular weight is 218 g/mol. The fourth-order valence-electron chi connectivity index (χ4n) is 0.995. The van der Waals surface area contributed by atoms with Gasteiger partial charge in [0, 0.05) is 24.7 Å². The van der Waals surface area contributed by atoms with Gasteiger partial charge in [0.25, 0.3) is 6.08 Å². The standard InChI is InChI=1S/C9H12F2N2S/c1-2-13-6-5-12-9(13)14-7-3-4-8(10)11/h4-6H,2-3,7H2,1H3. The van der Waals surface area contributed by atoms with E-state index in [0.717, 1.165) is 17.8 Å². The Bertz CT molecular complexity index is 306. The smallest absolute Gasteiger partial charge is 0.266 e. The Morgan fingerprint density at radius 3 is 3.07 bits per heavy atom. The molecule has 14 heavy (non-hydrogen) atoms. The monoisotopic (exact) mass is 218 g/mol. The highest BCUT2D eigenvalue weighted by molar-refractivity contribution is 7.99. The van der Waals surface area contributed by atoms with Gasteiger partial charge in [-0.3, -0.25) is 0 Å². The average Bonchev–Trinajstić information content (AvgIpc) is 2.59. The molecule has 0 amide bonds. The highest BCUT2D eigenvalue weighted by Crippen LogP contribution is 2.17. The van der Waals surface area contributed by atoms with Crippen molar-refractivity contribution >= 4 is 11.8 Å². The molecule has 0 fully saturated rings. The maximum absolute atomic E-state index is 11.7. The summed E-state index contributed by atoms with van der Waals surface area (Å²) in [5.41, 5.74) is 0. The molecule has 0 atom stereocenters. The topological polar surface area (TPSA) is 17.8 Å². The van der Waals surface area contributed by atoms with E-state index in [4.69, 9.17) is 0 Å². The van der Waals surface area contributed by atoms with Gasteiger partial charge in [-0.05, 0) is 19.4 Å². The minimum Gasteiger partial charge on any atom is -0.326 e. The number of aryl methyl sites for hydroxylation is 1. The van der Waals surface area contributed by atoms with E-state index in [0.29, 0.717) is 12.2 Å². The molecule has 0 N–H and O–H groups in total. The molecule has 2 nitrogen and oxygen atoms in total. The third-order valence-corrected chi connectivity index (χ3v) is 2.70. The highest BCUT2D eigenvalue weighted by Gasteiger charge is 2.00. The Balaban J connectivity index is 2.34. The predicted octanol–water partition coefficient (Wildman–Crippen LogP) is 3.17. The molecule has 0 aliphatic heterocycles. The molecule has 1 heterocycles. The van der Waals surface area contributed by atoms with E-state index in [-0.39, 0.29) is 0 Å². The minimum absolute atomic E-state index is 0.379. The Morgan fingerprint density at radius 2 is 2.43 bits per heavy atom. The van der Waals surface area contributed by atoms with Crippen molar-refractivity contribution in [2.45, 2.75) is 25.0 Å². The van der Waals surface area contributed by atoms with Gasteiger partial charge in [0.1, 0.15) is 0 Å². The lowest BCUT2D eigenvalue weighted by atomic mass is 10.5. The zero-order valence-corrected chi connectivity index (χ0v) is 8.73.